The molecule has 12 heteroatoms. The lowest BCUT2D eigenvalue weighted by Gasteiger charge is -2.19. The highest BCUT2D eigenvalue weighted by Crippen LogP contribution is 2.42. The normalized spacial score (nSPS) is 23.6. The van der Waals surface area contributed by atoms with Gasteiger partial charge in [0.2, 0.25) is 23.2 Å². The molecular weight excluding hydrogens is 444 g/mol. The summed E-state index contributed by atoms with van der Waals surface area (Å²) in [6.07, 6.45) is -8.11. The number of aliphatic hydroxyl groups excluding tert-OH is 4. The molecule has 1 fully saturated rings. The third kappa shape index (κ3) is 3.79. The van der Waals surface area contributed by atoms with Gasteiger partial charge in [-0.3, -0.25) is 4.79 Å². The zero-order valence-corrected chi connectivity index (χ0v) is 16.7. The van der Waals surface area contributed by atoms with Crippen LogP contribution in [0.5, 0.6) is 28.7 Å². The van der Waals surface area contributed by atoms with Crippen LogP contribution in [0.3, 0.4) is 0 Å². The molecule has 8 N–H and O–H groups in total. The van der Waals surface area contributed by atoms with E-state index in [1.165, 1.54) is 24.3 Å². The molecule has 1 aromatic heterocycles. The summed E-state index contributed by atoms with van der Waals surface area (Å²) in [5, 5.41) is 78.5. The number of hydrogen-bond acceptors (Lipinski definition) is 12. The topological polar surface area (TPSA) is 211 Å². The van der Waals surface area contributed by atoms with Crippen LogP contribution in [0, 0.1) is 0 Å². The minimum absolute atomic E-state index is 0.110. The van der Waals surface area contributed by atoms with E-state index in [1.807, 2.05) is 0 Å². The van der Waals surface area contributed by atoms with Gasteiger partial charge in [-0.1, -0.05) is 0 Å². The number of phenols is 4. The maximum atomic E-state index is 13.2. The lowest BCUT2D eigenvalue weighted by molar-refractivity contribution is -0.137. The largest absolute Gasteiger partial charge is 0.508 e. The van der Waals surface area contributed by atoms with Crippen molar-refractivity contribution < 1.29 is 54.7 Å². The Balaban J connectivity index is 1.89. The second-order valence-corrected chi connectivity index (χ2v) is 7.42. The molecule has 0 radical (unpaired) electrons. The van der Waals surface area contributed by atoms with E-state index in [0.29, 0.717) is 0 Å². The van der Waals surface area contributed by atoms with Gasteiger partial charge in [-0.15, -0.1) is 0 Å². The fourth-order valence-electron chi connectivity index (χ4n) is 3.52. The molecule has 5 atom stereocenters. The summed E-state index contributed by atoms with van der Waals surface area (Å²) in [7, 11) is 0. The summed E-state index contributed by atoms with van der Waals surface area (Å²) < 4.78 is 16.4. The monoisotopic (exact) mass is 464 g/mol. The van der Waals surface area contributed by atoms with Gasteiger partial charge in [-0.2, -0.15) is 0 Å². The summed E-state index contributed by atoms with van der Waals surface area (Å²) in [5.74, 6) is -3.37. The van der Waals surface area contributed by atoms with Crippen molar-refractivity contribution in [2.45, 2.75) is 30.7 Å². The first-order valence-corrected chi connectivity index (χ1v) is 9.65. The van der Waals surface area contributed by atoms with Crippen LogP contribution in [0.2, 0.25) is 0 Å². The molecule has 1 aliphatic heterocycles. The molecule has 0 spiro atoms. The lowest BCUT2D eigenvalue weighted by atomic mass is 10.1. The molecule has 3 aromatic rings. The van der Waals surface area contributed by atoms with E-state index in [9.17, 15) is 40.5 Å². The van der Waals surface area contributed by atoms with Crippen LogP contribution in [-0.4, -0.2) is 78.2 Å². The number of benzene rings is 2. The maximum Gasteiger partial charge on any atom is 0.239 e. The summed E-state index contributed by atoms with van der Waals surface area (Å²) >= 11 is 0. The second kappa shape index (κ2) is 8.42. The molecule has 4 rings (SSSR count). The number of phenolic OH excluding ortho intramolecular Hbond substituents is 4. The number of aromatic hydroxyl groups is 4. The molecule has 2 heterocycles. The van der Waals surface area contributed by atoms with Crippen molar-refractivity contribution in [1.82, 2.24) is 0 Å². The molecule has 0 aliphatic carbocycles. The summed E-state index contributed by atoms with van der Waals surface area (Å²) in [5.41, 5.74) is -1.43. The van der Waals surface area contributed by atoms with Crippen molar-refractivity contribution in [2.75, 3.05) is 6.61 Å². The number of ether oxygens (including phenoxy) is 2. The first kappa shape index (κ1) is 22.6. The van der Waals surface area contributed by atoms with Gasteiger partial charge in [0, 0.05) is 11.6 Å². The number of hydrogen-bond donors (Lipinski definition) is 8. The van der Waals surface area contributed by atoms with Gasteiger partial charge in [-0.25, -0.2) is 0 Å². The number of fused-ring (bicyclic) bond motifs is 1. The van der Waals surface area contributed by atoms with Crippen LogP contribution < -0.4 is 10.2 Å². The third-order valence-corrected chi connectivity index (χ3v) is 5.24. The molecule has 12 nitrogen and oxygen atoms in total. The minimum atomic E-state index is -1.75. The summed E-state index contributed by atoms with van der Waals surface area (Å²) in [6, 6.07) is 5.93. The first-order chi connectivity index (χ1) is 15.6. The van der Waals surface area contributed by atoms with Crippen LogP contribution in [0.25, 0.3) is 22.3 Å². The highest BCUT2D eigenvalue weighted by atomic mass is 16.7. The Labute approximate surface area is 184 Å². The van der Waals surface area contributed by atoms with E-state index >= 15 is 0 Å². The van der Waals surface area contributed by atoms with Crippen LogP contribution >= 0.6 is 0 Å². The first-order valence-electron chi connectivity index (χ1n) is 9.65. The quantitative estimate of drug-likeness (QED) is 0.177. The third-order valence-electron chi connectivity index (χ3n) is 5.24. The second-order valence-electron chi connectivity index (χ2n) is 7.42. The zero-order chi connectivity index (χ0) is 24.0. The van der Waals surface area contributed by atoms with E-state index in [0.717, 1.165) is 6.07 Å². The molecule has 176 valence electrons. The molecule has 0 bridgehead atoms. The van der Waals surface area contributed by atoms with Gasteiger partial charge < -0.3 is 54.7 Å². The molecule has 33 heavy (non-hydrogen) atoms. The fraction of sp³-hybridized carbons (Fsp3) is 0.286. The molecule has 0 saturated carbocycles. The van der Waals surface area contributed by atoms with Crippen molar-refractivity contribution in [2.24, 2.45) is 0 Å². The van der Waals surface area contributed by atoms with Crippen LogP contribution in [-0.2, 0) is 4.74 Å². The van der Waals surface area contributed by atoms with Gasteiger partial charge in [0.15, 0.2) is 17.1 Å². The minimum Gasteiger partial charge on any atom is -0.508 e. The smallest absolute Gasteiger partial charge is 0.239 e. The lowest BCUT2D eigenvalue weighted by Crippen LogP contribution is -2.40. The Morgan fingerprint density at radius 3 is 2.30 bits per heavy atom. The molecule has 2 aromatic carbocycles. The Kier molecular flexibility index (Phi) is 5.78. The Morgan fingerprint density at radius 1 is 1.00 bits per heavy atom. The van der Waals surface area contributed by atoms with E-state index in [2.05, 4.69) is 0 Å². The van der Waals surface area contributed by atoms with Gasteiger partial charge >= 0.3 is 0 Å². The van der Waals surface area contributed by atoms with Crippen molar-refractivity contribution in [3.8, 4) is 40.1 Å². The van der Waals surface area contributed by atoms with Crippen molar-refractivity contribution in [3.63, 3.8) is 0 Å². The van der Waals surface area contributed by atoms with Crippen LogP contribution in [0.4, 0.5) is 0 Å². The van der Waals surface area contributed by atoms with E-state index in [1.54, 1.807) is 0 Å². The standard InChI is InChI=1S/C21H20O12/c22-6-11(26)18-15(29)16(30)21(32-18)33-20-14(28)12-9(24)5-10(25)13(27)19(12)31-17(20)7-1-3-8(23)4-2-7/h1-5,11,15-16,18,21-27,29-30H,6H2/t11-,15?,16+,18-,21+/m1/s1. The predicted octanol–water partition coefficient (Wildman–Crippen LogP) is -0.539. The Hall–Kier alpha value is -3.55. The summed E-state index contributed by atoms with van der Waals surface area (Å²) in [6.45, 7) is -0.783. The highest BCUT2D eigenvalue weighted by Gasteiger charge is 2.48. The molecule has 0 amide bonds. The Morgan fingerprint density at radius 2 is 1.67 bits per heavy atom. The van der Waals surface area contributed by atoms with Crippen LogP contribution in [0.1, 0.15) is 0 Å². The Bertz CT molecular complexity index is 1230. The number of rotatable bonds is 5. The fourth-order valence-corrected chi connectivity index (χ4v) is 3.52. The summed E-state index contributed by atoms with van der Waals surface area (Å²) in [4.78, 5) is 13.2. The van der Waals surface area contributed by atoms with Gasteiger partial charge in [0.25, 0.3) is 0 Å². The zero-order valence-electron chi connectivity index (χ0n) is 16.7. The molecule has 1 saturated heterocycles. The van der Waals surface area contributed by atoms with Crippen LogP contribution in [0.15, 0.2) is 39.5 Å². The molecule has 1 unspecified atom stereocenters. The highest BCUT2D eigenvalue weighted by molar-refractivity contribution is 5.93. The van der Waals surface area contributed by atoms with Gasteiger partial charge in [0.05, 0.1) is 6.61 Å². The average molecular weight is 464 g/mol. The van der Waals surface area contributed by atoms with Gasteiger partial charge in [-0.05, 0) is 24.3 Å². The van der Waals surface area contributed by atoms with Crippen molar-refractivity contribution in [1.29, 1.82) is 0 Å². The van der Waals surface area contributed by atoms with E-state index in [4.69, 9.17) is 19.0 Å². The van der Waals surface area contributed by atoms with Crippen molar-refractivity contribution >= 4 is 11.0 Å². The SMILES string of the molecule is O=c1c(O[C@@H]2O[C@H]([C@H](O)CO)C(O)[C@@H]2O)c(-c2ccc(O)cc2)oc2c(O)c(O)cc(O)c12. The molecular formula is C21H20O12. The van der Waals surface area contributed by atoms with E-state index in [-0.39, 0.29) is 17.1 Å². The van der Waals surface area contributed by atoms with Gasteiger partial charge in [0.1, 0.15) is 41.3 Å². The predicted molar refractivity (Wildman–Crippen MR) is 109 cm³/mol. The van der Waals surface area contributed by atoms with E-state index < -0.39 is 76.7 Å². The van der Waals surface area contributed by atoms with Crippen molar-refractivity contribution in [3.05, 3.63) is 40.6 Å². The molecule has 1 aliphatic rings. The number of aliphatic hydroxyl groups is 4. The maximum absolute atomic E-state index is 13.2. The average Bonchev–Trinajstić information content (AvgIpc) is 3.07.